The summed E-state index contributed by atoms with van der Waals surface area (Å²) in [4.78, 5) is 43.0. The Hall–Kier alpha value is -2.34. The molecule has 1 N–H and O–H groups in total. The largest absolute Gasteiger partial charge is 0.351 e. The van der Waals surface area contributed by atoms with Crippen molar-refractivity contribution in [3.05, 3.63) is 50.0 Å². The Morgan fingerprint density at radius 2 is 1.79 bits per heavy atom. The van der Waals surface area contributed by atoms with Gasteiger partial charge in [0.05, 0.1) is 5.01 Å². The number of aromatic nitrogens is 1. The molecule has 0 aliphatic heterocycles. The molecule has 2 atom stereocenters. The third-order valence-corrected chi connectivity index (χ3v) is 6.27. The molecule has 1 fully saturated rings. The van der Waals surface area contributed by atoms with E-state index in [1.807, 2.05) is 46.8 Å². The van der Waals surface area contributed by atoms with Crippen LogP contribution in [-0.2, 0) is 9.59 Å². The molecule has 0 radical (unpaired) electrons. The van der Waals surface area contributed by atoms with Crippen molar-refractivity contribution in [2.24, 2.45) is 5.92 Å². The first kappa shape index (κ1) is 20.4. The van der Waals surface area contributed by atoms with Crippen LogP contribution < -0.4 is 5.32 Å². The second kappa shape index (κ2) is 7.95. The van der Waals surface area contributed by atoms with E-state index in [4.69, 9.17) is 0 Å². The number of carbonyl (C=O) groups is 3. The molecule has 5 nitrogen and oxygen atoms in total. The molecule has 1 saturated carbocycles. The molecule has 1 aromatic heterocycles. The molecule has 0 spiro atoms. The molecule has 3 rings (SSSR count). The number of nitrogens with zero attached hydrogens (tertiary/aromatic N) is 1. The lowest BCUT2D eigenvalue weighted by atomic mass is 9.86. The van der Waals surface area contributed by atoms with E-state index in [-0.39, 0.29) is 29.8 Å². The first-order valence-electron chi connectivity index (χ1n) is 9.55. The van der Waals surface area contributed by atoms with Crippen LogP contribution >= 0.6 is 11.3 Å². The van der Waals surface area contributed by atoms with E-state index in [0.717, 1.165) is 32.1 Å². The van der Waals surface area contributed by atoms with Gasteiger partial charge in [-0.3, -0.25) is 14.4 Å². The summed E-state index contributed by atoms with van der Waals surface area (Å²) in [6.45, 7) is 10.0. The highest BCUT2D eigenvalue weighted by molar-refractivity contribution is 7.11. The van der Waals surface area contributed by atoms with E-state index in [1.54, 1.807) is 0 Å². The van der Waals surface area contributed by atoms with E-state index in [9.17, 15) is 14.4 Å². The number of benzene rings is 1. The maximum atomic E-state index is 13.0. The molecule has 1 aromatic carbocycles. The summed E-state index contributed by atoms with van der Waals surface area (Å²) < 4.78 is 0. The third-order valence-electron chi connectivity index (χ3n) is 5.38. The smallest absolute Gasteiger partial charge is 0.271 e. The van der Waals surface area contributed by atoms with Crippen molar-refractivity contribution >= 4 is 28.8 Å². The molecule has 148 valence electrons. The zero-order chi connectivity index (χ0) is 20.6. The van der Waals surface area contributed by atoms with Gasteiger partial charge in [0.2, 0.25) is 0 Å². The predicted molar refractivity (Wildman–Crippen MR) is 110 cm³/mol. The highest BCUT2D eigenvalue weighted by Gasteiger charge is 2.42. The van der Waals surface area contributed by atoms with Gasteiger partial charge in [0, 0.05) is 23.8 Å². The fourth-order valence-corrected chi connectivity index (χ4v) is 5.05. The summed E-state index contributed by atoms with van der Waals surface area (Å²) in [6, 6.07) is 4.04. The molecule has 1 heterocycles. The van der Waals surface area contributed by atoms with Crippen LogP contribution in [0.4, 0.5) is 0 Å². The SMILES string of the molecule is Cc1cc(C)c([C@H]2C(=O)CC(CCNC(=O)c3nc(C)sc3C)C2=O)c(C)c1. The molecule has 1 unspecified atom stereocenters. The lowest BCUT2D eigenvalue weighted by molar-refractivity contribution is -0.124. The van der Waals surface area contributed by atoms with Crippen LogP contribution in [0.1, 0.15) is 61.4 Å². The Balaban J connectivity index is 1.66. The number of hydrogen-bond donors (Lipinski definition) is 1. The van der Waals surface area contributed by atoms with Crippen molar-refractivity contribution in [1.82, 2.24) is 10.3 Å². The summed E-state index contributed by atoms with van der Waals surface area (Å²) in [5.41, 5.74) is 4.42. The van der Waals surface area contributed by atoms with E-state index in [2.05, 4.69) is 10.3 Å². The van der Waals surface area contributed by atoms with Gasteiger partial charge in [0.1, 0.15) is 17.4 Å². The molecule has 2 aromatic rings. The first-order chi connectivity index (χ1) is 13.2. The topological polar surface area (TPSA) is 76.1 Å². The van der Waals surface area contributed by atoms with Gasteiger partial charge in [-0.15, -0.1) is 11.3 Å². The minimum absolute atomic E-state index is 0.0117. The maximum Gasteiger partial charge on any atom is 0.271 e. The Morgan fingerprint density at radius 1 is 1.14 bits per heavy atom. The second-order valence-electron chi connectivity index (χ2n) is 7.70. The minimum atomic E-state index is -0.662. The van der Waals surface area contributed by atoms with Crippen LogP contribution in [0.5, 0.6) is 0 Å². The number of carbonyl (C=O) groups excluding carboxylic acids is 3. The summed E-state index contributed by atoms with van der Waals surface area (Å²) in [5.74, 6) is -1.25. The molecule has 1 aliphatic carbocycles. The summed E-state index contributed by atoms with van der Waals surface area (Å²) in [7, 11) is 0. The summed E-state index contributed by atoms with van der Waals surface area (Å²) in [5, 5.41) is 3.69. The average Bonchev–Trinajstić information content (AvgIpc) is 3.07. The molecule has 1 aliphatic rings. The molecule has 0 saturated heterocycles. The fourth-order valence-electron chi connectivity index (χ4n) is 4.23. The zero-order valence-electron chi connectivity index (χ0n) is 17.0. The molecular formula is C22H26N2O3S. The number of hydrogen-bond acceptors (Lipinski definition) is 5. The van der Waals surface area contributed by atoms with Crippen molar-refractivity contribution in [2.75, 3.05) is 6.54 Å². The Morgan fingerprint density at radius 3 is 2.36 bits per heavy atom. The number of thiazole rings is 1. The number of amides is 1. The predicted octanol–water partition coefficient (Wildman–Crippen LogP) is 3.75. The van der Waals surface area contributed by atoms with Gasteiger partial charge in [-0.05, 0) is 57.7 Å². The number of nitrogens with one attached hydrogen (secondary N) is 1. The van der Waals surface area contributed by atoms with Crippen LogP contribution in [0.3, 0.4) is 0 Å². The normalized spacial score (nSPS) is 19.3. The molecule has 1 amide bonds. The third kappa shape index (κ3) is 3.92. The number of rotatable bonds is 5. The van der Waals surface area contributed by atoms with Crippen LogP contribution in [0, 0.1) is 40.5 Å². The van der Waals surface area contributed by atoms with E-state index in [1.165, 1.54) is 11.3 Å². The van der Waals surface area contributed by atoms with Crippen LogP contribution in [-0.4, -0.2) is 29.0 Å². The van der Waals surface area contributed by atoms with Crippen molar-refractivity contribution in [3.8, 4) is 0 Å². The van der Waals surface area contributed by atoms with E-state index in [0.29, 0.717) is 18.7 Å². The first-order valence-corrected chi connectivity index (χ1v) is 10.4. The average molecular weight is 399 g/mol. The van der Waals surface area contributed by atoms with Gasteiger partial charge in [0.15, 0.2) is 5.78 Å². The number of Topliss-reactive ketones (excluding diaryl/α,β-unsaturated/α-hetero) is 2. The molecular weight excluding hydrogens is 372 g/mol. The molecule has 28 heavy (non-hydrogen) atoms. The van der Waals surface area contributed by atoms with Crippen molar-refractivity contribution in [1.29, 1.82) is 0 Å². The quantitative estimate of drug-likeness (QED) is 0.779. The Bertz CT molecular complexity index is 938. The maximum absolute atomic E-state index is 13.0. The second-order valence-corrected chi connectivity index (χ2v) is 9.10. The van der Waals surface area contributed by atoms with Crippen molar-refractivity contribution < 1.29 is 14.4 Å². The molecule has 0 bridgehead atoms. The Labute approximate surface area is 169 Å². The van der Waals surface area contributed by atoms with Gasteiger partial charge < -0.3 is 5.32 Å². The lowest BCUT2D eigenvalue weighted by Crippen LogP contribution is -2.28. The van der Waals surface area contributed by atoms with E-state index >= 15 is 0 Å². The van der Waals surface area contributed by atoms with Gasteiger partial charge in [-0.25, -0.2) is 4.98 Å². The summed E-state index contributed by atoms with van der Waals surface area (Å²) in [6.07, 6.45) is 0.722. The Kier molecular flexibility index (Phi) is 5.79. The fraction of sp³-hybridized carbons (Fsp3) is 0.455. The van der Waals surface area contributed by atoms with Crippen LogP contribution in [0.2, 0.25) is 0 Å². The summed E-state index contributed by atoms with van der Waals surface area (Å²) >= 11 is 1.49. The molecule has 6 heteroatoms. The minimum Gasteiger partial charge on any atom is -0.351 e. The highest BCUT2D eigenvalue weighted by atomic mass is 32.1. The van der Waals surface area contributed by atoms with Gasteiger partial charge >= 0.3 is 0 Å². The van der Waals surface area contributed by atoms with Gasteiger partial charge in [0.25, 0.3) is 5.91 Å². The van der Waals surface area contributed by atoms with E-state index < -0.39 is 5.92 Å². The highest BCUT2D eigenvalue weighted by Crippen LogP contribution is 2.37. The van der Waals surface area contributed by atoms with Gasteiger partial charge in [-0.2, -0.15) is 0 Å². The zero-order valence-corrected chi connectivity index (χ0v) is 17.8. The lowest BCUT2D eigenvalue weighted by Gasteiger charge is -2.16. The van der Waals surface area contributed by atoms with Crippen LogP contribution in [0.25, 0.3) is 0 Å². The monoisotopic (exact) mass is 398 g/mol. The van der Waals surface area contributed by atoms with Crippen molar-refractivity contribution in [3.63, 3.8) is 0 Å². The number of ketones is 2. The van der Waals surface area contributed by atoms with Gasteiger partial charge in [-0.1, -0.05) is 17.7 Å². The van der Waals surface area contributed by atoms with Crippen LogP contribution in [0.15, 0.2) is 12.1 Å². The standard InChI is InChI=1S/C22H26N2O3S/c1-11-8-12(2)18(13(3)9-11)19-17(25)10-16(21(19)26)6-7-23-22(27)20-14(4)28-15(5)24-20/h8-9,16,19H,6-7,10H2,1-5H3,(H,23,27)/t16?,19-/m1/s1. The van der Waals surface area contributed by atoms with Crippen molar-refractivity contribution in [2.45, 2.75) is 53.4 Å². The number of aryl methyl sites for hydroxylation is 5.